The van der Waals surface area contributed by atoms with Gasteiger partial charge in [-0.1, -0.05) is 31.2 Å². The molecule has 1 atom stereocenters. The van der Waals surface area contributed by atoms with Gasteiger partial charge < -0.3 is 10.2 Å². The number of carbonyl (C=O) groups is 1. The van der Waals surface area contributed by atoms with Crippen LogP contribution in [0, 0.1) is 0 Å². The molecule has 1 aromatic carbocycles. The van der Waals surface area contributed by atoms with Crippen LogP contribution in [0.2, 0.25) is 0 Å². The molecule has 1 saturated heterocycles. The van der Waals surface area contributed by atoms with Crippen LogP contribution < -0.4 is 5.32 Å². The standard InChI is InChI=1S/C19H26N2O/c1-3-19(2)14-15-9-5-6-10-16(15)17(20-19)13-18(22)21-11-7-4-8-12-21/h5-6,9-10,13,20H,3-4,7-8,11-12,14H2,1-2H3/b17-13-/t19-/m0/s1. The Kier molecular flexibility index (Phi) is 4.23. The summed E-state index contributed by atoms with van der Waals surface area (Å²) < 4.78 is 0. The van der Waals surface area contributed by atoms with Gasteiger partial charge in [-0.3, -0.25) is 4.79 Å². The Balaban J connectivity index is 1.90. The first-order valence-corrected chi connectivity index (χ1v) is 8.48. The fraction of sp³-hybridized carbons (Fsp3) is 0.526. The first-order chi connectivity index (χ1) is 10.6. The summed E-state index contributed by atoms with van der Waals surface area (Å²) in [5.74, 6) is 0.150. The quantitative estimate of drug-likeness (QED) is 0.849. The van der Waals surface area contributed by atoms with Crippen LogP contribution in [0.15, 0.2) is 30.3 Å². The van der Waals surface area contributed by atoms with Gasteiger partial charge in [0.05, 0.1) is 0 Å². The summed E-state index contributed by atoms with van der Waals surface area (Å²) in [5.41, 5.74) is 3.53. The Bertz CT molecular complexity index is 587. The van der Waals surface area contributed by atoms with E-state index in [1.165, 1.54) is 17.5 Å². The van der Waals surface area contributed by atoms with Gasteiger partial charge in [-0.15, -0.1) is 0 Å². The summed E-state index contributed by atoms with van der Waals surface area (Å²) in [6, 6.07) is 8.44. The van der Waals surface area contributed by atoms with E-state index in [9.17, 15) is 4.79 Å². The van der Waals surface area contributed by atoms with Crippen molar-refractivity contribution in [3.05, 3.63) is 41.5 Å². The molecule has 2 aliphatic heterocycles. The minimum atomic E-state index is 0.0301. The molecule has 0 saturated carbocycles. The zero-order valence-electron chi connectivity index (χ0n) is 13.7. The number of benzene rings is 1. The topological polar surface area (TPSA) is 32.3 Å². The van der Waals surface area contributed by atoms with Crippen LogP contribution in [0.5, 0.6) is 0 Å². The molecule has 0 aromatic heterocycles. The highest BCUT2D eigenvalue weighted by Crippen LogP contribution is 2.31. The third kappa shape index (κ3) is 3.03. The normalized spacial score (nSPS) is 26.5. The maximum Gasteiger partial charge on any atom is 0.248 e. The maximum absolute atomic E-state index is 12.6. The average Bonchev–Trinajstić information content (AvgIpc) is 2.55. The van der Waals surface area contributed by atoms with Crippen molar-refractivity contribution in [1.29, 1.82) is 0 Å². The van der Waals surface area contributed by atoms with Gasteiger partial charge in [0.15, 0.2) is 0 Å². The van der Waals surface area contributed by atoms with E-state index < -0.39 is 0 Å². The third-order valence-corrected chi connectivity index (χ3v) is 5.04. The predicted octanol–water partition coefficient (Wildman–Crippen LogP) is 3.35. The fourth-order valence-electron chi connectivity index (χ4n) is 3.45. The fourth-order valence-corrected chi connectivity index (χ4v) is 3.45. The molecule has 118 valence electrons. The number of nitrogens with zero attached hydrogens (tertiary/aromatic N) is 1. The van der Waals surface area contributed by atoms with Crippen LogP contribution in [0.1, 0.15) is 50.7 Å². The van der Waals surface area contributed by atoms with E-state index in [-0.39, 0.29) is 11.4 Å². The zero-order valence-corrected chi connectivity index (χ0v) is 13.7. The zero-order chi connectivity index (χ0) is 15.6. The van der Waals surface area contributed by atoms with Crippen molar-refractivity contribution in [2.45, 2.75) is 51.5 Å². The Morgan fingerprint density at radius 2 is 2.00 bits per heavy atom. The van der Waals surface area contributed by atoms with E-state index in [4.69, 9.17) is 0 Å². The van der Waals surface area contributed by atoms with Crippen molar-refractivity contribution in [3.8, 4) is 0 Å². The number of amides is 1. The summed E-state index contributed by atoms with van der Waals surface area (Å²) in [4.78, 5) is 14.6. The number of fused-ring (bicyclic) bond motifs is 1. The van der Waals surface area contributed by atoms with Gasteiger partial charge in [-0.05, 0) is 44.6 Å². The van der Waals surface area contributed by atoms with Crippen molar-refractivity contribution in [1.82, 2.24) is 10.2 Å². The average molecular weight is 298 g/mol. The Hall–Kier alpha value is -1.77. The molecule has 0 radical (unpaired) electrons. The van der Waals surface area contributed by atoms with Gasteiger partial charge in [-0.25, -0.2) is 0 Å². The maximum atomic E-state index is 12.6. The van der Waals surface area contributed by atoms with E-state index in [2.05, 4.69) is 37.4 Å². The van der Waals surface area contributed by atoms with E-state index in [1.807, 2.05) is 17.0 Å². The molecule has 3 rings (SSSR count). The number of rotatable bonds is 2. The van der Waals surface area contributed by atoms with Crippen molar-refractivity contribution < 1.29 is 4.79 Å². The van der Waals surface area contributed by atoms with Crippen LogP contribution >= 0.6 is 0 Å². The van der Waals surface area contributed by atoms with Gasteiger partial charge in [0.1, 0.15) is 0 Å². The lowest BCUT2D eigenvalue weighted by Crippen LogP contribution is -2.46. The van der Waals surface area contributed by atoms with Gasteiger partial charge in [0.2, 0.25) is 5.91 Å². The molecule has 1 amide bonds. The molecule has 0 unspecified atom stereocenters. The lowest BCUT2D eigenvalue weighted by molar-refractivity contribution is -0.126. The summed E-state index contributed by atoms with van der Waals surface area (Å²) in [5, 5.41) is 3.62. The van der Waals surface area contributed by atoms with Crippen LogP contribution in [0.25, 0.3) is 5.70 Å². The number of hydrogen-bond acceptors (Lipinski definition) is 2. The predicted molar refractivity (Wildman–Crippen MR) is 90.4 cm³/mol. The number of hydrogen-bond donors (Lipinski definition) is 1. The van der Waals surface area contributed by atoms with Crippen molar-refractivity contribution in [2.24, 2.45) is 0 Å². The van der Waals surface area contributed by atoms with Crippen LogP contribution in [-0.4, -0.2) is 29.4 Å². The number of likely N-dealkylation sites (tertiary alicyclic amines) is 1. The van der Waals surface area contributed by atoms with Gasteiger partial charge in [0, 0.05) is 36.0 Å². The molecule has 0 aliphatic carbocycles. The second-order valence-electron chi connectivity index (χ2n) is 6.82. The van der Waals surface area contributed by atoms with E-state index in [0.29, 0.717) is 0 Å². The Labute approximate surface area is 133 Å². The molecule has 3 heteroatoms. The van der Waals surface area contributed by atoms with E-state index in [1.54, 1.807) is 0 Å². The van der Waals surface area contributed by atoms with Crippen LogP contribution in [0.4, 0.5) is 0 Å². The summed E-state index contributed by atoms with van der Waals surface area (Å²) in [7, 11) is 0. The SMILES string of the molecule is CC[C@@]1(C)Cc2ccccc2/C(=C/C(=O)N2CCCCC2)N1. The highest BCUT2D eigenvalue weighted by Gasteiger charge is 2.30. The molecular weight excluding hydrogens is 272 g/mol. The molecule has 3 nitrogen and oxygen atoms in total. The monoisotopic (exact) mass is 298 g/mol. The first kappa shape index (κ1) is 15.1. The Morgan fingerprint density at radius 3 is 2.73 bits per heavy atom. The number of piperidine rings is 1. The smallest absolute Gasteiger partial charge is 0.248 e. The molecule has 2 heterocycles. The molecule has 22 heavy (non-hydrogen) atoms. The highest BCUT2D eigenvalue weighted by molar-refractivity contribution is 5.95. The lowest BCUT2D eigenvalue weighted by Gasteiger charge is -2.38. The highest BCUT2D eigenvalue weighted by atomic mass is 16.2. The lowest BCUT2D eigenvalue weighted by atomic mass is 9.83. The molecule has 0 bridgehead atoms. The van der Waals surface area contributed by atoms with E-state index >= 15 is 0 Å². The first-order valence-electron chi connectivity index (χ1n) is 8.48. The summed E-state index contributed by atoms with van der Waals surface area (Å²) in [6.07, 6.45) is 7.37. The van der Waals surface area contributed by atoms with Crippen LogP contribution in [0.3, 0.4) is 0 Å². The van der Waals surface area contributed by atoms with Gasteiger partial charge in [-0.2, -0.15) is 0 Å². The van der Waals surface area contributed by atoms with Crippen molar-refractivity contribution in [3.63, 3.8) is 0 Å². The van der Waals surface area contributed by atoms with Crippen LogP contribution in [-0.2, 0) is 11.2 Å². The van der Waals surface area contributed by atoms with Crippen molar-refractivity contribution >= 4 is 11.6 Å². The number of carbonyl (C=O) groups excluding carboxylic acids is 1. The van der Waals surface area contributed by atoms with Crippen molar-refractivity contribution in [2.75, 3.05) is 13.1 Å². The minimum absolute atomic E-state index is 0.0301. The molecular formula is C19H26N2O. The number of nitrogens with one attached hydrogen (secondary N) is 1. The molecule has 1 N–H and O–H groups in total. The van der Waals surface area contributed by atoms with E-state index in [0.717, 1.165) is 44.5 Å². The molecule has 2 aliphatic rings. The Morgan fingerprint density at radius 1 is 1.27 bits per heavy atom. The summed E-state index contributed by atoms with van der Waals surface area (Å²) >= 11 is 0. The second-order valence-corrected chi connectivity index (χ2v) is 6.82. The third-order valence-electron chi connectivity index (χ3n) is 5.04. The summed E-state index contributed by atoms with van der Waals surface area (Å²) in [6.45, 7) is 6.23. The van der Waals surface area contributed by atoms with Gasteiger partial charge in [0.25, 0.3) is 0 Å². The molecule has 1 aromatic rings. The minimum Gasteiger partial charge on any atom is -0.379 e. The second kappa shape index (κ2) is 6.15. The largest absolute Gasteiger partial charge is 0.379 e. The molecule has 0 spiro atoms. The van der Waals surface area contributed by atoms with Gasteiger partial charge >= 0.3 is 0 Å². The molecule has 1 fully saturated rings.